The van der Waals surface area contributed by atoms with E-state index >= 15 is 0 Å². The topological polar surface area (TPSA) is 132 Å². The summed E-state index contributed by atoms with van der Waals surface area (Å²) in [5, 5.41) is 38.1. The maximum atomic E-state index is 11.8. The Kier molecular flexibility index (Phi) is 6.17. The lowest BCUT2D eigenvalue weighted by Crippen LogP contribution is -2.60. The first-order valence-electron chi connectivity index (χ1n) is 7.77. The van der Waals surface area contributed by atoms with E-state index in [0.717, 1.165) is 19.3 Å². The van der Waals surface area contributed by atoms with Crippen molar-refractivity contribution in [3.05, 3.63) is 0 Å². The van der Waals surface area contributed by atoms with Crippen molar-refractivity contribution in [1.29, 1.82) is 0 Å². The fourth-order valence-corrected chi connectivity index (χ4v) is 2.69. The third kappa shape index (κ3) is 4.31. The number of Topliss-reactive ketones (excluding diaryl/α,β-unsaturated/α-hetero) is 2. The predicted molar refractivity (Wildman–Crippen MR) is 77.3 cm³/mol. The number of carbonyl (C=O) groups excluding carboxylic acids is 2. The molecule has 2 rings (SSSR count). The molecule has 1 saturated heterocycles. The molecule has 0 amide bonds. The largest absolute Gasteiger partial charge is 0.394 e. The van der Waals surface area contributed by atoms with Crippen LogP contribution in [0, 0.1) is 0 Å². The van der Waals surface area contributed by atoms with Gasteiger partial charge >= 0.3 is 0 Å². The second-order valence-corrected chi connectivity index (χ2v) is 5.97. The van der Waals surface area contributed by atoms with Crippen LogP contribution in [0.1, 0.15) is 32.6 Å². The highest BCUT2D eigenvalue weighted by Crippen LogP contribution is 2.25. The number of carbonyl (C=O) groups is 2. The summed E-state index contributed by atoms with van der Waals surface area (Å²) in [5.41, 5.74) is 0. The second-order valence-electron chi connectivity index (χ2n) is 5.97. The molecular formula is C14H23N3O6. The fraction of sp³-hybridized carbons (Fsp3) is 0.857. The Labute approximate surface area is 133 Å². The first kappa shape index (κ1) is 17.9. The van der Waals surface area contributed by atoms with E-state index in [4.69, 9.17) is 9.84 Å². The molecule has 130 valence electrons. The highest BCUT2D eigenvalue weighted by Gasteiger charge is 2.46. The maximum absolute atomic E-state index is 11.8. The molecule has 2 unspecified atom stereocenters. The zero-order chi connectivity index (χ0) is 17.0. The molecule has 9 heteroatoms. The molecule has 23 heavy (non-hydrogen) atoms. The third-order valence-corrected chi connectivity index (χ3v) is 4.04. The molecule has 0 aliphatic carbocycles. The average Bonchev–Trinajstić information content (AvgIpc) is 2.98. The van der Waals surface area contributed by atoms with Crippen LogP contribution in [0.15, 0.2) is 10.3 Å². The van der Waals surface area contributed by atoms with Gasteiger partial charge in [0.15, 0.2) is 18.1 Å². The highest BCUT2D eigenvalue weighted by molar-refractivity contribution is 5.88. The fourth-order valence-electron chi connectivity index (χ4n) is 2.69. The standard InChI is InChI=1S/C14H23N3O6/c1-8(19)4-2-3-5-9-6-17(16-15-9)14-13(22)12(21)11(20)10(7-18)23-14/h9-11,13-14,18,20,22H,2-7H2,1H3/t9?,10-,11+,13-,14?/m1/s1. The number of unbranched alkanes of at least 4 members (excludes halogenated alkanes) is 1. The van der Waals surface area contributed by atoms with E-state index in [0.29, 0.717) is 13.0 Å². The molecule has 0 spiro atoms. The van der Waals surface area contributed by atoms with Gasteiger partial charge in [0.1, 0.15) is 18.0 Å². The van der Waals surface area contributed by atoms with Gasteiger partial charge in [0.05, 0.1) is 19.2 Å². The number of aliphatic hydroxyl groups is 3. The molecule has 2 aliphatic rings. The molecule has 0 aromatic carbocycles. The normalized spacial score (nSPS) is 34.2. The van der Waals surface area contributed by atoms with Crippen molar-refractivity contribution < 1.29 is 29.6 Å². The number of rotatable bonds is 7. The lowest BCUT2D eigenvalue weighted by atomic mass is 10.00. The van der Waals surface area contributed by atoms with E-state index in [9.17, 15) is 19.8 Å². The molecule has 0 bridgehead atoms. The van der Waals surface area contributed by atoms with Crippen LogP contribution in [0.4, 0.5) is 0 Å². The molecule has 9 nitrogen and oxygen atoms in total. The van der Waals surface area contributed by atoms with Gasteiger partial charge in [-0.2, -0.15) is 5.11 Å². The molecule has 0 radical (unpaired) electrons. The zero-order valence-corrected chi connectivity index (χ0v) is 13.0. The van der Waals surface area contributed by atoms with Gasteiger partial charge < -0.3 is 24.9 Å². The maximum Gasteiger partial charge on any atom is 0.197 e. The monoisotopic (exact) mass is 329 g/mol. The summed E-state index contributed by atoms with van der Waals surface area (Å²) in [6, 6.07) is -0.0905. The van der Waals surface area contributed by atoms with Gasteiger partial charge in [-0.1, -0.05) is 11.6 Å². The van der Waals surface area contributed by atoms with Gasteiger partial charge in [-0.3, -0.25) is 4.79 Å². The minimum atomic E-state index is -1.55. The van der Waals surface area contributed by atoms with Crippen molar-refractivity contribution in [2.75, 3.05) is 13.2 Å². The quantitative estimate of drug-likeness (QED) is 0.521. The SMILES string of the molecule is CC(=O)CCCCC1CN(C2O[C@H](CO)[C@H](O)C(=O)[C@H]2O)N=N1. The molecule has 0 aromatic heterocycles. The summed E-state index contributed by atoms with van der Waals surface area (Å²) >= 11 is 0. The smallest absolute Gasteiger partial charge is 0.197 e. The van der Waals surface area contributed by atoms with Crippen LogP contribution in [0.2, 0.25) is 0 Å². The number of hydrogen-bond acceptors (Lipinski definition) is 9. The van der Waals surface area contributed by atoms with Gasteiger partial charge in [-0.05, 0) is 19.8 Å². The van der Waals surface area contributed by atoms with Gasteiger partial charge in [-0.15, -0.1) is 0 Å². The van der Waals surface area contributed by atoms with Crippen LogP contribution in [-0.2, 0) is 14.3 Å². The summed E-state index contributed by atoms with van der Waals surface area (Å²) in [6.45, 7) is 1.40. The van der Waals surface area contributed by atoms with E-state index < -0.39 is 36.9 Å². The molecule has 2 aliphatic heterocycles. The number of ether oxygens (including phenoxy) is 1. The van der Waals surface area contributed by atoms with Crippen molar-refractivity contribution >= 4 is 11.6 Å². The Morgan fingerprint density at radius 1 is 1.35 bits per heavy atom. The van der Waals surface area contributed by atoms with E-state index in [1.54, 1.807) is 6.92 Å². The summed E-state index contributed by atoms with van der Waals surface area (Å²) in [5.74, 6) is -0.633. The van der Waals surface area contributed by atoms with E-state index in [2.05, 4.69) is 10.3 Å². The molecule has 0 aromatic rings. The predicted octanol–water partition coefficient (Wildman–Crippen LogP) is -0.805. The van der Waals surface area contributed by atoms with Crippen LogP contribution in [0.5, 0.6) is 0 Å². The van der Waals surface area contributed by atoms with E-state index in [1.165, 1.54) is 5.01 Å². The van der Waals surface area contributed by atoms with E-state index in [-0.39, 0.29) is 11.8 Å². The van der Waals surface area contributed by atoms with Gasteiger partial charge in [0.2, 0.25) is 0 Å². The number of aliphatic hydroxyl groups excluding tert-OH is 3. The van der Waals surface area contributed by atoms with Crippen LogP contribution in [0.3, 0.4) is 0 Å². The third-order valence-electron chi connectivity index (χ3n) is 4.04. The van der Waals surface area contributed by atoms with Crippen molar-refractivity contribution in [2.24, 2.45) is 10.3 Å². The minimum Gasteiger partial charge on any atom is -0.394 e. The number of ketones is 2. The zero-order valence-electron chi connectivity index (χ0n) is 13.0. The Balaban J connectivity index is 1.85. The summed E-state index contributed by atoms with van der Waals surface area (Å²) in [7, 11) is 0. The van der Waals surface area contributed by atoms with Crippen LogP contribution in [0.25, 0.3) is 0 Å². The molecule has 0 saturated carbocycles. The lowest BCUT2D eigenvalue weighted by Gasteiger charge is -2.38. The Bertz CT molecular complexity index is 471. The Morgan fingerprint density at radius 2 is 2.09 bits per heavy atom. The lowest BCUT2D eigenvalue weighted by molar-refractivity contribution is -0.217. The van der Waals surface area contributed by atoms with Gasteiger partial charge in [0.25, 0.3) is 0 Å². The molecule has 1 fully saturated rings. The summed E-state index contributed by atoms with van der Waals surface area (Å²) < 4.78 is 5.38. The molecule has 2 heterocycles. The second kappa shape index (κ2) is 7.91. The van der Waals surface area contributed by atoms with Crippen molar-refractivity contribution in [1.82, 2.24) is 5.01 Å². The average molecular weight is 329 g/mol. The number of hydrogen-bond donors (Lipinski definition) is 3. The summed E-state index contributed by atoms with van der Waals surface area (Å²) in [4.78, 5) is 22.7. The van der Waals surface area contributed by atoms with Gasteiger partial charge in [0, 0.05) is 6.42 Å². The Morgan fingerprint density at radius 3 is 2.74 bits per heavy atom. The number of nitrogens with zero attached hydrogens (tertiary/aromatic N) is 3. The molecular weight excluding hydrogens is 306 g/mol. The van der Waals surface area contributed by atoms with Crippen LogP contribution in [-0.4, -0.2) is 75.6 Å². The Hall–Kier alpha value is -1.42. The molecule has 5 atom stereocenters. The van der Waals surface area contributed by atoms with Crippen molar-refractivity contribution in [3.8, 4) is 0 Å². The highest BCUT2D eigenvalue weighted by atomic mass is 16.6. The molecule has 3 N–H and O–H groups in total. The van der Waals surface area contributed by atoms with Crippen molar-refractivity contribution in [3.63, 3.8) is 0 Å². The first-order valence-corrected chi connectivity index (χ1v) is 7.77. The van der Waals surface area contributed by atoms with Crippen molar-refractivity contribution in [2.45, 2.75) is 63.2 Å². The first-order chi connectivity index (χ1) is 10.9. The summed E-state index contributed by atoms with van der Waals surface area (Å²) in [6.07, 6.45) is -2.31. The van der Waals surface area contributed by atoms with Crippen LogP contribution < -0.4 is 0 Å². The van der Waals surface area contributed by atoms with E-state index in [1.807, 2.05) is 0 Å². The minimum absolute atomic E-state index is 0.0905. The van der Waals surface area contributed by atoms with Crippen LogP contribution >= 0.6 is 0 Å². The van der Waals surface area contributed by atoms with Gasteiger partial charge in [-0.25, -0.2) is 5.01 Å².